The lowest BCUT2D eigenvalue weighted by atomic mass is 10.1. The fraction of sp³-hybridized carbons (Fsp3) is 0.727. The molecule has 1 aromatic heterocycles. The van der Waals surface area contributed by atoms with Crippen molar-refractivity contribution in [3.05, 3.63) is 16.5 Å². The Hall–Kier alpha value is 0.300. The van der Waals surface area contributed by atoms with Crippen molar-refractivity contribution in [3.63, 3.8) is 0 Å². The summed E-state index contributed by atoms with van der Waals surface area (Å²) in [7, 11) is 0.220. The van der Waals surface area contributed by atoms with Gasteiger partial charge in [0.05, 0.1) is 0 Å². The van der Waals surface area contributed by atoms with E-state index in [-0.39, 0.29) is 15.8 Å². The van der Waals surface area contributed by atoms with Gasteiger partial charge in [0.15, 0.2) is 0 Å². The molecule has 4 rings (SSSR count). The summed E-state index contributed by atoms with van der Waals surface area (Å²) in [6, 6.07) is 0. The molecule has 4 atom stereocenters. The number of allylic oxidation sites excluding steroid dienone is 1. The van der Waals surface area contributed by atoms with Crippen LogP contribution in [0.4, 0.5) is 0 Å². The van der Waals surface area contributed by atoms with Crippen molar-refractivity contribution in [2.24, 2.45) is 0 Å². The highest BCUT2D eigenvalue weighted by molar-refractivity contribution is 7.78. The smallest absolute Gasteiger partial charge is 0.0369 e. The predicted octanol–water partition coefficient (Wildman–Crippen LogP) is 6.85. The Kier molecular flexibility index (Phi) is 6.06. The first kappa shape index (κ1) is 18.7. The number of rotatable bonds is 5. The minimum Gasteiger partial charge on any atom is -0.135 e. The maximum absolute atomic E-state index is 2.48. The average molecular weight is 393 g/mol. The third-order valence-corrected chi connectivity index (χ3v) is 15.9. The lowest BCUT2D eigenvalue weighted by Crippen LogP contribution is -2.27. The van der Waals surface area contributed by atoms with Crippen molar-refractivity contribution >= 4 is 43.2 Å². The molecule has 25 heavy (non-hydrogen) atoms. The van der Waals surface area contributed by atoms with Crippen molar-refractivity contribution in [3.8, 4) is 0 Å². The van der Waals surface area contributed by atoms with Gasteiger partial charge in [0, 0.05) is 9.50 Å². The first-order valence-corrected chi connectivity index (χ1v) is 14.5. The van der Waals surface area contributed by atoms with Crippen LogP contribution >= 0.6 is 27.2 Å². The molecule has 2 aliphatic heterocycles. The zero-order chi connectivity index (χ0) is 17.4. The molecule has 3 heterocycles. The Balaban J connectivity index is 1.81. The summed E-state index contributed by atoms with van der Waals surface area (Å²) in [6.07, 6.45) is 19.3. The van der Waals surface area contributed by atoms with Gasteiger partial charge in [0.25, 0.3) is 0 Å². The standard InChI is InChI=1S/C22H34P2S/c1-4-16-10-9-15-23(16)21-19-11-7-8-12-20(19)25-22(21)24-17(5-2)13-14-18(24)6-3/h8,12,16-18H,4-7,9-11,13-15H2,1-3H3/t16-,17-,18-,23?/m0/s1. The normalized spacial score (nSPS) is 32.4. The van der Waals surface area contributed by atoms with Crippen LogP contribution in [0.5, 0.6) is 0 Å². The third kappa shape index (κ3) is 3.32. The van der Waals surface area contributed by atoms with Crippen LogP contribution in [-0.2, 0) is 6.42 Å². The molecule has 2 saturated heterocycles. The molecular weight excluding hydrogens is 358 g/mol. The van der Waals surface area contributed by atoms with Crippen molar-refractivity contribution < 1.29 is 0 Å². The topological polar surface area (TPSA) is 0 Å². The molecule has 0 radical (unpaired) electrons. The zero-order valence-corrected chi connectivity index (χ0v) is 18.9. The second-order valence-corrected chi connectivity index (χ2v) is 14.7. The first-order valence-electron chi connectivity index (χ1n) is 10.7. The van der Waals surface area contributed by atoms with Crippen molar-refractivity contribution in [2.45, 2.75) is 95.5 Å². The largest absolute Gasteiger partial charge is 0.135 e. The van der Waals surface area contributed by atoms with Crippen LogP contribution in [0.1, 0.15) is 82.6 Å². The second kappa shape index (κ2) is 8.12. The number of hydrogen-bond donors (Lipinski definition) is 0. The monoisotopic (exact) mass is 392 g/mol. The summed E-state index contributed by atoms with van der Waals surface area (Å²) in [6.45, 7) is 7.37. The molecule has 0 aromatic carbocycles. The molecule has 1 aliphatic carbocycles. The molecule has 0 amide bonds. The van der Waals surface area contributed by atoms with Crippen LogP contribution in [0.15, 0.2) is 6.08 Å². The molecule has 138 valence electrons. The van der Waals surface area contributed by atoms with Crippen LogP contribution in [-0.4, -0.2) is 23.1 Å². The highest BCUT2D eigenvalue weighted by atomic mass is 32.1. The Labute approximate surface area is 161 Å². The van der Waals surface area contributed by atoms with E-state index >= 15 is 0 Å². The molecule has 3 aliphatic rings. The van der Waals surface area contributed by atoms with Gasteiger partial charge in [-0.05, 0) is 97.9 Å². The van der Waals surface area contributed by atoms with Crippen molar-refractivity contribution in [2.75, 3.05) is 6.16 Å². The van der Waals surface area contributed by atoms with E-state index in [2.05, 4.69) is 44.3 Å². The van der Waals surface area contributed by atoms with E-state index in [4.69, 9.17) is 0 Å². The Morgan fingerprint density at radius 3 is 2.40 bits per heavy atom. The lowest BCUT2D eigenvalue weighted by molar-refractivity contribution is 0.696. The number of hydrogen-bond acceptors (Lipinski definition) is 1. The van der Waals surface area contributed by atoms with Gasteiger partial charge in [-0.1, -0.05) is 42.7 Å². The van der Waals surface area contributed by atoms with Crippen molar-refractivity contribution in [1.29, 1.82) is 0 Å². The summed E-state index contributed by atoms with van der Waals surface area (Å²) < 4.78 is 1.95. The summed E-state index contributed by atoms with van der Waals surface area (Å²) >= 11 is 2.26. The Bertz CT molecular complexity index is 620. The first-order chi connectivity index (χ1) is 12.3. The number of thiophene rings is 1. The lowest BCUT2D eigenvalue weighted by Gasteiger charge is -2.29. The minimum atomic E-state index is 0.0936. The molecule has 1 aromatic rings. The summed E-state index contributed by atoms with van der Waals surface area (Å²) in [4.78, 5) is 1.67. The van der Waals surface area contributed by atoms with E-state index in [1.54, 1.807) is 4.88 Å². The maximum Gasteiger partial charge on any atom is 0.0369 e. The van der Waals surface area contributed by atoms with Crippen LogP contribution < -0.4 is 9.92 Å². The van der Waals surface area contributed by atoms with Gasteiger partial charge in [-0.15, -0.1) is 11.3 Å². The molecular formula is C22H34P2S. The summed E-state index contributed by atoms with van der Waals surface area (Å²) in [5.74, 6) is 0. The van der Waals surface area contributed by atoms with Gasteiger partial charge in [0.2, 0.25) is 0 Å². The molecule has 0 nitrogen and oxygen atoms in total. The van der Waals surface area contributed by atoms with Gasteiger partial charge >= 0.3 is 0 Å². The van der Waals surface area contributed by atoms with E-state index < -0.39 is 0 Å². The third-order valence-electron chi connectivity index (χ3n) is 6.76. The molecule has 0 bridgehead atoms. The van der Waals surface area contributed by atoms with E-state index in [1.165, 1.54) is 63.9 Å². The highest BCUT2D eigenvalue weighted by Gasteiger charge is 2.41. The summed E-state index contributed by atoms with van der Waals surface area (Å²) in [5.41, 5.74) is 4.88. The number of fused-ring (bicyclic) bond motifs is 1. The molecule has 1 unspecified atom stereocenters. The minimum absolute atomic E-state index is 0.0936. The van der Waals surface area contributed by atoms with Crippen LogP contribution in [0.2, 0.25) is 0 Å². The van der Waals surface area contributed by atoms with E-state index in [0.717, 1.165) is 17.0 Å². The van der Waals surface area contributed by atoms with E-state index in [1.807, 2.05) is 15.5 Å². The second-order valence-electron chi connectivity index (χ2n) is 8.05. The van der Waals surface area contributed by atoms with E-state index in [9.17, 15) is 0 Å². The summed E-state index contributed by atoms with van der Waals surface area (Å²) in [5, 5.41) is 1.98. The van der Waals surface area contributed by atoms with E-state index in [0.29, 0.717) is 0 Å². The van der Waals surface area contributed by atoms with Gasteiger partial charge < -0.3 is 0 Å². The molecule has 3 heteroatoms. The zero-order valence-electron chi connectivity index (χ0n) is 16.3. The fourth-order valence-corrected chi connectivity index (χ4v) is 15.7. The molecule has 2 fully saturated rings. The van der Waals surface area contributed by atoms with Crippen molar-refractivity contribution in [1.82, 2.24) is 0 Å². The van der Waals surface area contributed by atoms with Crippen LogP contribution in [0, 0.1) is 0 Å². The van der Waals surface area contributed by atoms with Gasteiger partial charge in [-0.25, -0.2) is 0 Å². The quantitative estimate of drug-likeness (QED) is 0.481. The van der Waals surface area contributed by atoms with Crippen LogP contribution in [0.25, 0.3) is 6.08 Å². The molecule has 0 spiro atoms. The molecule has 0 N–H and O–H groups in total. The van der Waals surface area contributed by atoms with Gasteiger partial charge in [-0.3, -0.25) is 0 Å². The highest BCUT2D eigenvalue weighted by Crippen LogP contribution is 2.61. The fourth-order valence-electron chi connectivity index (χ4n) is 5.37. The molecule has 0 saturated carbocycles. The van der Waals surface area contributed by atoms with Gasteiger partial charge in [-0.2, -0.15) is 0 Å². The van der Waals surface area contributed by atoms with Gasteiger partial charge in [0.1, 0.15) is 0 Å². The Morgan fingerprint density at radius 1 is 1.00 bits per heavy atom. The van der Waals surface area contributed by atoms with Crippen LogP contribution in [0.3, 0.4) is 0 Å². The predicted molar refractivity (Wildman–Crippen MR) is 120 cm³/mol. The SMILES string of the molecule is CC[C@H]1CCCP1c1c(P2[C@@H](CC)CC[C@@H]2CC)sc2c1CCC=C2. The average Bonchev–Trinajstić information content (AvgIpc) is 3.35. The maximum atomic E-state index is 2.48. The Morgan fingerprint density at radius 2 is 1.72 bits per heavy atom.